The Kier molecular flexibility index (Phi) is 18.1. The molecule has 0 bridgehead atoms. The maximum absolute atomic E-state index is 11.7. The summed E-state index contributed by atoms with van der Waals surface area (Å²) >= 11 is 20.7. The number of carbonyl (C=O) groups excluding carboxylic acids is 2. The number of carbonyl (C=O) groups is 2. The summed E-state index contributed by atoms with van der Waals surface area (Å²) in [5, 5.41) is 7.47. The topological polar surface area (TPSA) is 71.2 Å². The van der Waals surface area contributed by atoms with Gasteiger partial charge in [-0.3, -0.25) is 9.59 Å². The van der Waals surface area contributed by atoms with Gasteiger partial charge in [0.2, 0.25) is 11.8 Å². The molecule has 2 aromatic carbocycles. The molecule has 2 amide bonds. The summed E-state index contributed by atoms with van der Waals surface area (Å²) in [5.41, 5.74) is 1.53. The standard InChI is InChI=1S/2C13H19N3OS2.Au/c2*1-10(17)16(9-8-14-13(19)15(2)3)11-6-4-5-7-12(11)18;/h2*4-7,18H,8-9H2,1-3H3,(H,14,19);/q;;+3/p-2. The van der Waals surface area contributed by atoms with Crippen molar-refractivity contribution in [1.29, 1.82) is 0 Å². The minimum Gasteiger partial charge on any atom is -0.778 e. The van der Waals surface area contributed by atoms with Gasteiger partial charge in [-0.2, -0.15) is 9.79 Å². The largest absolute Gasteiger partial charge is 3.00 e. The average Bonchev–Trinajstić information content (AvgIpc) is 2.85. The molecule has 0 unspecified atom stereocenters. The van der Waals surface area contributed by atoms with Crippen molar-refractivity contribution in [3.05, 3.63) is 48.5 Å². The molecule has 39 heavy (non-hydrogen) atoms. The summed E-state index contributed by atoms with van der Waals surface area (Å²) in [6.45, 7) is 5.28. The van der Waals surface area contributed by atoms with E-state index in [0.717, 1.165) is 11.4 Å². The van der Waals surface area contributed by atoms with E-state index in [1.54, 1.807) is 9.80 Å². The molecule has 0 fully saturated rings. The molecule has 0 heterocycles. The van der Waals surface area contributed by atoms with Gasteiger partial charge in [0.05, 0.1) is 0 Å². The Morgan fingerprint density at radius 3 is 1.26 bits per heavy atom. The number of anilines is 2. The van der Waals surface area contributed by atoms with Crippen LogP contribution in [0.5, 0.6) is 0 Å². The van der Waals surface area contributed by atoms with E-state index in [0.29, 0.717) is 46.2 Å². The molecular formula is C26H36AuN6O2S4+. The monoisotopic (exact) mass is 789 g/mol. The minimum absolute atomic E-state index is 0. The van der Waals surface area contributed by atoms with E-state index in [-0.39, 0.29) is 34.2 Å². The van der Waals surface area contributed by atoms with Crippen molar-refractivity contribution in [2.75, 3.05) is 64.2 Å². The van der Waals surface area contributed by atoms with E-state index in [1.807, 2.05) is 86.5 Å². The van der Waals surface area contributed by atoms with Gasteiger partial charge in [0.25, 0.3) is 0 Å². The Balaban J connectivity index is 0.000000722. The molecule has 0 aromatic heterocycles. The van der Waals surface area contributed by atoms with Gasteiger partial charge in [-0.1, -0.05) is 36.4 Å². The van der Waals surface area contributed by atoms with Gasteiger partial charge < -0.3 is 55.5 Å². The average molecular weight is 790 g/mol. The fourth-order valence-corrected chi connectivity index (χ4v) is 3.84. The number of hydrogen-bond donors (Lipinski definition) is 2. The van der Waals surface area contributed by atoms with Crippen molar-refractivity contribution < 1.29 is 32.0 Å². The Bertz CT molecular complexity index is 1020. The van der Waals surface area contributed by atoms with E-state index in [4.69, 9.17) is 49.7 Å². The van der Waals surface area contributed by atoms with Crippen LogP contribution in [0, 0.1) is 0 Å². The Morgan fingerprint density at radius 1 is 0.692 bits per heavy atom. The number of amides is 2. The molecule has 0 aliphatic heterocycles. The first kappa shape index (κ1) is 36.9. The molecule has 0 spiro atoms. The second kappa shape index (κ2) is 19.1. The number of nitrogens with one attached hydrogen (secondary N) is 2. The zero-order valence-corrected chi connectivity index (χ0v) is 28.4. The van der Waals surface area contributed by atoms with Crippen LogP contribution in [0.15, 0.2) is 58.3 Å². The van der Waals surface area contributed by atoms with Crippen LogP contribution < -0.4 is 20.4 Å². The third-order valence-corrected chi connectivity index (χ3v) is 6.82. The number of rotatable bonds is 8. The summed E-state index contributed by atoms with van der Waals surface area (Å²) in [5.74, 6) is -0.0651. The van der Waals surface area contributed by atoms with Crippen LogP contribution in [0.25, 0.3) is 0 Å². The molecule has 0 aliphatic rings. The molecule has 0 atom stereocenters. The number of para-hydroxylation sites is 2. The van der Waals surface area contributed by atoms with Gasteiger partial charge in [0.15, 0.2) is 10.2 Å². The third kappa shape index (κ3) is 13.2. The van der Waals surface area contributed by atoms with Gasteiger partial charge in [0.1, 0.15) is 0 Å². The van der Waals surface area contributed by atoms with Gasteiger partial charge in [0, 0.05) is 79.6 Å². The van der Waals surface area contributed by atoms with Crippen molar-refractivity contribution in [3.8, 4) is 0 Å². The molecule has 2 aromatic rings. The fourth-order valence-electron chi connectivity index (χ4n) is 3.12. The van der Waals surface area contributed by atoms with E-state index in [1.165, 1.54) is 13.8 Å². The minimum atomic E-state index is -0.0325. The molecule has 216 valence electrons. The summed E-state index contributed by atoms with van der Waals surface area (Å²) < 4.78 is 0. The first-order valence-electron chi connectivity index (χ1n) is 11.8. The first-order chi connectivity index (χ1) is 17.9. The molecule has 0 aliphatic carbocycles. The quantitative estimate of drug-likeness (QED) is 0.237. The number of hydrogen-bond acceptors (Lipinski definition) is 6. The predicted octanol–water partition coefficient (Wildman–Crippen LogP) is 2.76. The van der Waals surface area contributed by atoms with E-state index in [9.17, 15) is 9.59 Å². The molecule has 0 radical (unpaired) electrons. The van der Waals surface area contributed by atoms with Crippen LogP contribution in [0.4, 0.5) is 11.4 Å². The van der Waals surface area contributed by atoms with Crippen molar-refractivity contribution in [3.63, 3.8) is 0 Å². The van der Waals surface area contributed by atoms with Crippen molar-refractivity contribution in [2.45, 2.75) is 23.6 Å². The summed E-state index contributed by atoms with van der Waals surface area (Å²) in [6.07, 6.45) is 0. The van der Waals surface area contributed by atoms with Crippen LogP contribution >= 0.6 is 24.4 Å². The second-order valence-electron chi connectivity index (χ2n) is 8.53. The van der Waals surface area contributed by atoms with Gasteiger partial charge in [-0.25, -0.2) is 0 Å². The van der Waals surface area contributed by atoms with Crippen LogP contribution in [0.2, 0.25) is 0 Å². The summed E-state index contributed by atoms with van der Waals surface area (Å²) in [6, 6.07) is 14.8. The van der Waals surface area contributed by atoms with Gasteiger partial charge >= 0.3 is 22.4 Å². The second-order valence-corrected chi connectivity index (χ2v) is 10.2. The molecule has 2 rings (SSSR count). The number of thiocarbonyl (C=S) groups is 2. The SMILES string of the molecule is CC(=O)N(CCNC(=S)N(C)C)c1ccccc1[S-].CC(=O)N(CCNC(=S)N(C)C)c1ccccc1[S-].[Au+3]. The van der Waals surface area contributed by atoms with Crippen LogP contribution in [0.1, 0.15) is 13.8 Å². The van der Waals surface area contributed by atoms with Crippen molar-refractivity contribution in [2.24, 2.45) is 0 Å². The maximum atomic E-state index is 11.7. The predicted molar refractivity (Wildman–Crippen MR) is 169 cm³/mol. The Labute approximate surface area is 270 Å². The van der Waals surface area contributed by atoms with Crippen LogP contribution in [-0.2, 0) is 57.2 Å². The van der Waals surface area contributed by atoms with Crippen molar-refractivity contribution >= 4 is 83.1 Å². The van der Waals surface area contributed by atoms with Gasteiger partial charge in [-0.05, 0) is 36.6 Å². The van der Waals surface area contributed by atoms with Crippen molar-refractivity contribution in [1.82, 2.24) is 20.4 Å². The van der Waals surface area contributed by atoms with E-state index >= 15 is 0 Å². The zero-order chi connectivity index (χ0) is 28.8. The van der Waals surface area contributed by atoms with E-state index < -0.39 is 0 Å². The Hall–Kier alpha value is -2.06. The summed E-state index contributed by atoms with van der Waals surface area (Å²) in [4.78, 5) is 31.7. The Morgan fingerprint density at radius 2 is 1.00 bits per heavy atom. The van der Waals surface area contributed by atoms with E-state index in [2.05, 4.69) is 10.6 Å². The third-order valence-electron chi connectivity index (χ3n) is 5.11. The molecule has 0 saturated heterocycles. The van der Waals surface area contributed by atoms with Crippen LogP contribution in [-0.4, -0.2) is 86.2 Å². The normalized spacial score (nSPS) is 9.59. The number of nitrogens with zero attached hydrogens (tertiary/aromatic N) is 4. The number of benzene rings is 2. The molecule has 8 nitrogen and oxygen atoms in total. The summed E-state index contributed by atoms with van der Waals surface area (Å²) in [7, 11) is 7.49. The smallest absolute Gasteiger partial charge is 0.778 e. The van der Waals surface area contributed by atoms with Gasteiger partial charge in [-0.15, -0.1) is 0 Å². The van der Waals surface area contributed by atoms with Crippen LogP contribution in [0.3, 0.4) is 0 Å². The fraction of sp³-hybridized carbons (Fsp3) is 0.385. The maximum Gasteiger partial charge on any atom is 3.00 e. The first-order valence-corrected chi connectivity index (χ1v) is 13.5. The molecular weight excluding hydrogens is 754 g/mol. The molecule has 13 heteroatoms. The molecule has 0 saturated carbocycles. The molecule has 2 N–H and O–H groups in total. The zero-order valence-electron chi connectivity index (χ0n) is 23.0.